The highest BCUT2D eigenvalue weighted by Crippen LogP contribution is 2.23. The van der Waals surface area contributed by atoms with Gasteiger partial charge in [-0.15, -0.1) is 0 Å². The van der Waals surface area contributed by atoms with E-state index in [1.165, 1.54) is 0 Å². The minimum absolute atomic E-state index is 0.241. The van der Waals surface area contributed by atoms with Crippen molar-refractivity contribution in [2.45, 2.75) is 6.61 Å². The lowest BCUT2D eigenvalue weighted by Gasteiger charge is -2.08. The van der Waals surface area contributed by atoms with Crippen LogP contribution in [0.25, 0.3) is 5.57 Å². The number of aliphatic imine (C=N–C) groups is 1. The van der Waals surface area contributed by atoms with Crippen molar-refractivity contribution in [2.75, 3.05) is 0 Å². The van der Waals surface area contributed by atoms with Crippen molar-refractivity contribution >= 4 is 17.8 Å². The summed E-state index contributed by atoms with van der Waals surface area (Å²) < 4.78 is 5.40. The molecule has 0 saturated carbocycles. The van der Waals surface area contributed by atoms with E-state index in [9.17, 15) is 4.79 Å². The van der Waals surface area contributed by atoms with Gasteiger partial charge in [0.2, 0.25) is 0 Å². The smallest absolute Gasteiger partial charge is 0.342 e. The second-order valence-electron chi connectivity index (χ2n) is 4.54. The van der Waals surface area contributed by atoms with Crippen LogP contribution in [0.15, 0.2) is 71.5 Å². The first-order valence-corrected chi connectivity index (χ1v) is 6.64. The summed E-state index contributed by atoms with van der Waals surface area (Å²) in [4.78, 5) is 19.6. The fourth-order valence-corrected chi connectivity index (χ4v) is 2.08. The molecule has 1 aromatic heterocycles. The fourth-order valence-electron chi connectivity index (χ4n) is 2.08. The van der Waals surface area contributed by atoms with Crippen molar-refractivity contribution in [1.29, 1.82) is 0 Å². The fraction of sp³-hybridized carbons (Fsp3) is 0.0588. The summed E-state index contributed by atoms with van der Waals surface area (Å²) >= 11 is 0. The number of esters is 1. The lowest BCUT2D eigenvalue weighted by atomic mass is 10.1. The second-order valence-corrected chi connectivity index (χ2v) is 4.54. The molecule has 104 valence electrons. The summed E-state index contributed by atoms with van der Waals surface area (Å²) in [7, 11) is 0. The largest absolute Gasteiger partial charge is 0.457 e. The highest BCUT2D eigenvalue weighted by molar-refractivity contribution is 6.18. The number of aromatic nitrogens is 1. The van der Waals surface area contributed by atoms with Crippen molar-refractivity contribution in [3.05, 3.63) is 77.8 Å². The molecule has 2 heterocycles. The topological polar surface area (TPSA) is 54.4 Å². The van der Waals surface area contributed by atoms with Crippen molar-refractivity contribution < 1.29 is 9.53 Å². The molecular formula is C17H14N2O2. The number of ether oxygens (including phenoxy) is 1. The molecule has 0 unspecified atom stereocenters. The van der Waals surface area contributed by atoms with Gasteiger partial charge in [0.1, 0.15) is 12.2 Å². The summed E-state index contributed by atoms with van der Waals surface area (Å²) in [5.74, 6) is -0.389. The third kappa shape index (κ3) is 3.00. The molecule has 1 aliphatic rings. The van der Waals surface area contributed by atoms with Gasteiger partial charge in [-0.2, -0.15) is 0 Å². The number of rotatable bonds is 4. The van der Waals surface area contributed by atoms with Gasteiger partial charge < -0.3 is 9.72 Å². The zero-order chi connectivity index (χ0) is 14.5. The number of carbonyl (C=O) groups excluding carboxylic acids is 1. The maximum atomic E-state index is 12.4. The van der Waals surface area contributed by atoms with Gasteiger partial charge in [0.05, 0.1) is 11.4 Å². The van der Waals surface area contributed by atoms with Gasteiger partial charge in [0.15, 0.2) is 0 Å². The lowest BCUT2D eigenvalue weighted by Crippen LogP contribution is -2.09. The van der Waals surface area contributed by atoms with Gasteiger partial charge in [-0.25, -0.2) is 4.79 Å². The number of nitrogens with zero attached hydrogens (tertiary/aromatic N) is 1. The molecule has 4 heteroatoms. The van der Waals surface area contributed by atoms with E-state index in [1.54, 1.807) is 24.6 Å². The Morgan fingerprint density at radius 3 is 2.67 bits per heavy atom. The van der Waals surface area contributed by atoms with E-state index in [0.717, 1.165) is 5.56 Å². The third-order valence-corrected chi connectivity index (χ3v) is 3.09. The van der Waals surface area contributed by atoms with E-state index < -0.39 is 0 Å². The number of benzene rings is 1. The average molecular weight is 278 g/mol. The van der Waals surface area contributed by atoms with Crippen molar-refractivity contribution in [1.82, 2.24) is 4.98 Å². The van der Waals surface area contributed by atoms with Gasteiger partial charge in [-0.3, -0.25) is 4.99 Å². The number of allylic oxidation sites excluding steroid dienone is 2. The molecule has 0 bridgehead atoms. The normalized spacial score (nSPS) is 15.2. The Labute approximate surface area is 122 Å². The Balaban J connectivity index is 1.81. The molecule has 0 amide bonds. The molecule has 3 rings (SSSR count). The molecule has 1 aromatic carbocycles. The van der Waals surface area contributed by atoms with E-state index in [4.69, 9.17) is 4.74 Å². The maximum absolute atomic E-state index is 12.4. The molecule has 4 nitrogen and oxygen atoms in total. The van der Waals surface area contributed by atoms with Crippen LogP contribution >= 0.6 is 0 Å². The first-order valence-electron chi connectivity index (χ1n) is 6.64. The molecule has 21 heavy (non-hydrogen) atoms. The quantitative estimate of drug-likeness (QED) is 0.690. The van der Waals surface area contributed by atoms with Crippen LogP contribution in [0.5, 0.6) is 0 Å². The Morgan fingerprint density at radius 2 is 2.00 bits per heavy atom. The van der Waals surface area contributed by atoms with Crippen LogP contribution in [0.2, 0.25) is 0 Å². The van der Waals surface area contributed by atoms with E-state index >= 15 is 0 Å². The number of hydrogen-bond donors (Lipinski definition) is 1. The highest BCUT2D eigenvalue weighted by Gasteiger charge is 2.19. The van der Waals surface area contributed by atoms with Gasteiger partial charge >= 0.3 is 5.97 Å². The zero-order valence-electron chi connectivity index (χ0n) is 11.3. The predicted molar refractivity (Wildman–Crippen MR) is 81.6 cm³/mol. The first kappa shape index (κ1) is 13.1. The van der Waals surface area contributed by atoms with Crippen LogP contribution < -0.4 is 0 Å². The van der Waals surface area contributed by atoms with Gasteiger partial charge in [-0.1, -0.05) is 30.3 Å². The van der Waals surface area contributed by atoms with Gasteiger partial charge in [0.25, 0.3) is 0 Å². The van der Waals surface area contributed by atoms with Crippen LogP contribution in [-0.2, 0) is 16.1 Å². The molecule has 0 aliphatic carbocycles. The molecular weight excluding hydrogens is 264 g/mol. The standard InChI is InChI=1S/C17H14N2O2/c20-17(21-12-13-6-2-1-3-7-13)16(14-8-4-10-18-14)15-9-5-11-19-15/h1-11,18H,12H2/b16-15+. The van der Waals surface area contributed by atoms with Crippen LogP contribution in [0.4, 0.5) is 0 Å². The third-order valence-electron chi connectivity index (χ3n) is 3.09. The van der Waals surface area contributed by atoms with Crippen LogP contribution in [-0.4, -0.2) is 17.2 Å². The van der Waals surface area contributed by atoms with Crippen LogP contribution in [0.1, 0.15) is 11.3 Å². The van der Waals surface area contributed by atoms with E-state index in [-0.39, 0.29) is 12.6 Å². The van der Waals surface area contributed by atoms with Crippen LogP contribution in [0.3, 0.4) is 0 Å². The molecule has 2 aromatic rings. The Kier molecular flexibility index (Phi) is 3.78. The lowest BCUT2D eigenvalue weighted by molar-refractivity contribution is -0.137. The molecule has 0 atom stereocenters. The number of nitrogens with one attached hydrogen (secondary N) is 1. The Morgan fingerprint density at radius 1 is 1.14 bits per heavy atom. The highest BCUT2D eigenvalue weighted by atomic mass is 16.5. The second kappa shape index (κ2) is 6.05. The van der Waals surface area contributed by atoms with Crippen molar-refractivity contribution in [2.24, 2.45) is 4.99 Å². The molecule has 0 radical (unpaired) electrons. The van der Waals surface area contributed by atoms with E-state index in [2.05, 4.69) is 9.98 Å². The summed E-state index contributed by atoms with van der Waals surface area (Å²) in [5, 5.41) is 0. The number of hydrogen-bond acceptors (Lipinski definition) is 3. The van der Waals surface area contributed by atoms with Crippen molar-refractivity contribution in [3.63, 3.8) is 0 Å². The Bertz CT molecular complexity index is 697. The SMILES string of the molecule is O=C(OCc1ccccc1)/C(=C1\C=CC=N1)c1ccc[nH]1. The van der Waals surface area contributed by atoms with Gasteiger partial charge in [-0.05, 0) is 29.8 Å². The molecule has 1 N–H and O–H groups in total. The maximum Gasteiger partial charge on any atom is 0.342 e. The number of carbonyl (C=O) groups is 1. The van der Waals surface area contributed by atoms with Gasteiger partial charge in [0, 0.05) is 12.4 Å². The summed E-state index contributed by atoms with van der Waals surface area (Å²) in [6.45, 7) is 0.241. The number of aromatic amines is 1. The van der Waals surface area contributed by atoms with E-state index in [1.807, 2.05) is 42.5 Å². The van der Waals surface area contributed by atoms with Crippen molar-refractivity contribution in [3.8, 4) is 0 Å². The minimum atomic E-state index is -0.389. The summed E-state index contributed by atoms with van der Waals surface area (Å²) in [5.41, 5.74) is 2.70. The summed E-state index contributed by atoms with van der Waals surface area (Å²) in [6, 6.07) is 13.3. The number of H-pyrrole nitrogens is 1. The summed E-state index contributed by atoms with van der Waals surface area (Å²) in [6.07, 6.45) is 7.01. The average Bonchev–Trinajstić information content (AvgIpc) is 3.20. The van der Waals surface area contributed by atoms with Crippen LogP contribution in [0, 0.1) is 0 Å². The Hall–Kier alpha value is -2.88. The zero-order valence-corrected chi connectivity index (χ0v) is 11.3. The molecule has 1 aliphatic heterocycles. The first-order chi connectivity index (χ1) is 10.3. The minimum Gasteiger partial charge on any atom is -0.457 e. The monoisotopic (exact) mass is 278 g/mol. The molecule has 0 spiro atoms. The molecule has 0 saturated heterocycles. The van der Waals surface area contributed by atoms with E-state index in [0.29, 0.717) is 17.0 Å². The predicted octanol–water partition coefficient (Wildman–Crippen LogP) is 3.11. The molecule has 0 fully saturated rings.